The van der Waals surface area contributed by atoms with Gasteiger partial charge in [0.2, 0.25) is 0 Å². The fraction of sp³-hybridized carbons (Fsp3) is 0.450. The van der Waals surface area contributed by atoms with Crippen LogP contribution in [0.15, 0.2) is 35.5 Å². The Morgan fingerprint density at radius 2 is 1.77 bits per heavy atom. The van der Waals surface area contributed by atoms with Gasteiger partial charge in [0.1, 0.15) is 11.4 Å². The van der Waals surface area contributed by atoms with E-state index in [0.29, 0.717) is 0 Å². The molecule has 1 aliphatic heterocycles. The third-order valence-corrected chi connectivity index (χ3v) is 5.98. The Labute approximate surface area is 166 Å². The van der Waals surface area contributed by atoms with Gasteiger partial charge in [0.05, 0.1) is 21.6 Å². The summed E-state index contributed by atoms with van der Waals surface area (Å²) >= 11 is 2.21. The van der Waals surface area contributed by atoms with Crippen molar-refractivity contribution >= 4 is 40.6 Å². The van der Waals surface area contributed by atoms with E-state index < -0.39 is 0 Å². The van der Waals surface area contributed by atoms with E-state index >= 15 is 0 Å². The van der Waals surface area contributed by atoms with E-state index in [1.807, 2.05) is 39.0 Å². The summed E-state index contributed by atoms with van der Waals surface area (Å²) in [6.45, 7) is 6.01. The number of fused-ring (bicyclic) bond motifs is 5. The van der Waals surface area contributed by atoms with Crippen molar-refractivity contribution in [3.8, 4) is 5.75 Å². The first-order valence-electron chi connectivity index (χ1n) is 8.83. The summed E-state index contributed by atoms with van der Waals surface area (Å²) in [7, 11) is 0. The Kier molecular flexibility index (Phi) is 4.21. The lowest BCUT2D eigenvalue weighted by Crippen LogP contribution is -2.28. The van der Waals surface area contributed by atoms with Crippen LogP contribution < -0.4 is 4.74 Å². The fourth-order valence-electron chi connectivity index (χ4n) is 4.13. The summed E-state index contributed by atoms with van der Waals surface area (Å²) in [6.07, 6.45) is 6.67. The third-order valence-electron chi connectivity index (χ3n) is 5.14. The number of allylic oxidation sites excluding steroid dienone is 2. The average Bonchev–Trinajstić information content (AvgIpc) is 3.22. The van der Waals surface area contributed by atoms with Gasteiger partial charge in [-0.2, -0.15) is 10.1 Å². The zero-order valence-electron chi connectivity index (χ0n) is 15.0. The van der Waals surface area contributed by atoms with Gasteiger partial charge in [-0.05, 0) is 85.4 Å². The van der Waals surface area contributed by atoms with Crippen molar-refractivity contribution in [2.75, 3.05) is 0 Å². The zero-order chi connectivity index (χ0) is 18.6. The highest BCUT2D eigenvalue weighted by Gasteiger charge is 2.59. The van der Waals surface area contributed by atoms with Crippen LogP contribution in [-0.4, -0.2) is 28.6 Å². The van der Waals surface area contributed by atoms with Gasteiger partial charge < -0.3 is 4.74 Å². The van der Waals surface area contributed by atoms with E-state index in [-0.39, 0.29) is 41.1 Å². The molecule has 2 bridgehead atoms. The highest BCUT2D eigenvalue weighted by molar-refractivity contribution is 14.1. The van der Waals surface area contributed by atoms with E-state index in [4.69, 9.17) is 4.74 Å². The predicted octanol–water partition coefficient (Wildman–Crippen LogP) is 3.61. The van der Waals surface area contributed by atoms with Crippen LogP contribution in [0.1, 0.15) is 32.8 Å². The van der Waals surface area contributed by atoms with Crippen LogP contribution in [0.4, 0.5) is 0 Å². The molecular weight excluding hydrogens is 443 g/mol. The first-order valence-corrected chi connectivity index (χ1v) is 9.91. The first kappa shape index (κ1) is 17.7. The number of ether oxygens (including phenoxy) is 1. The molecule has 0 spiro atoms. The second-order valence-electron chi connectivity index (χ2n) is 8.14. The van der Waals surface area contributed by atoms with Gasteiger partial charge in [-0.1, -0.05) is 12.2 Å². The van der Waals surface area contributed by atoms with Crippen LogP contribution in [0.25, 0.3) is 0 Å². The molecule has 0 radical (unpaired) electrons. The van der Waals surface area contributed by atoms with Crippen molar-refractivity contribution in [3.63, 3.8) is 0 Å². The summed E-state index contributed by atoms with van der Waals surface area (Å²) in [6, 6.07) is 5.70. The molecule has 1 saturated heterocycles. The molecule has 2 amide bonds. The maximum absolute atomic E-state index is 12.6. The molecule has 1 saturated carbocycles. The van der Waals surface area contributed by atoms with E-state index in [0.717, 1.165) is 26.3 Å². The first-order chi connectivity index (χ1) is 12.2. The molecule has 1 aromatic rings. The minimum atomic E-state index is -0.269. The standard InChI is InChI=1S/C20H21IN2O3/c1-20(2,3)26-15-7-4-11(8-14(15)21)10-22-23-18(24)16-12-5-6-13(9-12)17(16)19(23)25/h4-8,10,12-13,16-17H,9H2,1-3H3. The van der Waals surface area contributed by atoms with Crippen molar-refractivity contribution in [2.45, 2.75) is 32.8 Å². The van der Waals surface area contributed by atoms with Gasteiger partial charge in [-0.15, -0.1) is 0 Å². The van der Waals surface area contributed by atoms with Gasteiger partial charge in [-0.25, -0.2) is 0 Å². The van der Waals surface area contributed by atoms with Crippen molar-refractivity contribution in [1.82, 2.24) is 5.01 Å². The number of hydrogen-bond acceptors (Lipinski definition) is 4. The van der Waals surface area contributed by atoms with Crippen LogP contribution in [0.5, 0.6) is 5.75 Å². The lowest BCUT2D eigenvalue weighted by Gasteiger charge is -2.22. The SMILES string of the molecule is CC(C)(C)Oc1ccc(C=NN2C(=O)C3C4C=CC(C4)C3C2=O)cc1I. The van der Waals surface area contributed by atoms with Crippen molar-refractivity contribution in [2.24, 2.45) is 28.8 Å². The van der Waals surface area contributed by atoms with E-state index in [1.54, 1.807) is 6.21 Å². The molecule has 1 aromatic carbocycles. The third kappa shape index (κ3) is 2.98. The number of carbonyl (C=O) groups excluding carboxylic acids is 2. The molecule has 2 aliphatic carbocycles. The maximum atomic E-state index is 12.6. The lowest BCUT2D eigenvalue weighted by molar-refractivity contribution is -0.140. The largest absolute Gasteiger partial charge is 0.487 e. The normalized spacial score (nSPS) is 29.9. The van der Waals surface area contributed by atoms with Gasteiger partial charge in [0, 0.05) is 0 Å². The molecular formula is C20H21IN2O3. The summed E-state index contributed by atoms with van der Waals surface area (Å²) in [5.41, 5.74) is 0.559. The molecule has 0 aromatic heterocycles. The monoisotopic (exact) mass is 464 g/mol. The number of amides is 2. The van der Waals surface area contributed by atoms with E-state index in [2.05, 4.69) is 39.8 Å². The van der Waals surface area contributed by atoms with Crippen molar-refractivity contribution in [3.05, 3.63) is 39.5 Å². The summed E-state index contributed by atoms with van der Waals surface area (Å²) in [5.74, 6) is 0.481. The summed E-state index contributed by atoms with van der Waals surface area (Å²) in [5, 5.41) is 5.29. The quantitative estimate of drug-likeness (QED) is 0.297. The Morgan fingerprint density at radius 3 is 2.31 bits per heavy atom. The van der Waals surface area contributed by atoms with Crippen LogP contribution in [-0.2, 0) is 9.59 Å². The van der Waals surface area contributed by atoms with Crippen LogP contribution in [0, 0.1) is 27.2 Å². The molecule has 4 rings (SSSR count). The molecule has 6 heteroatoms. The minimum Gasteiger partial charge on any atom is -0.487 e. The molecule has 26 heavy (non-hydrogen) atoms. The smallest absolute Gasteiger partial charge is 0.254 e. The molecule has 2 fully saturated rings. The topological polar surface area (TPSA) is 59.0 Å². The summed E-state index contributed by atoms with van der Waals surface area (Å²) < 4.78 is 6.86. The van der Waals surface area contributed by atoms with Crippen LogP contribution in [0.3, 0.4) is 0 Å². The zero-order valence-corrected chi connectivity index (χ0v) is 17.1. The Morgan fingerprint density at radius 1 is 1.15 bits per heavy atom. The Hall–Kier alpha value is -1.70. The number of carbonyl (C=O) groups is 2. The highest BCUT2D eigenvalue weighted by atomic mass is 127. The van der Waals surface area contributed by atoms with E-state index in [9.17, 15) is 9.59 Å². The predicted molar refractivity (Wildman–Crippen MR) is 107 cm³/mol. The van der Waals surface area contributed by atoms with Gasteiger partial charge >= 0.3 is 0 Å². The Balaban J connectivity index is 1.51. The second-order valence-corrected chi connectivity index (χ2v) is 9.30. The average molecular weight is 464 g/mol. The fourth-order valence-corrected chi connectivity index (χ4v) is 4.78. The molecule has 3 aliphatic rings. The minimum absolute atomic E-state index is 0.157. The molecule has 136 valence electrons. The Bertz CT molecular complexity index is 810. The lowest BCUT2D eigenvalue weighted by atomic mass is 9.85. The molecule has 4 unspecified atom stereocenters. The van der Waals surface area contributed by atoms with E-state index in [1.165, 1.54) is 0 Å². The second kappa shape index (κ2) is 6.18. The number of hydrazone groups is 1. The molecule has 5 nitrogen and oxygen atoms in total. The van der Waals surface area contributed by atoms with Gasteiger partial charge in [0.15, 0.2) is 0 Å². The maximum Gasteiger partial charge on any atom is 0.254 e. The number of hydrogen-bond donors (Lipinski definition) is 0. The van der Waals surface area contributed by atoms with Crippen LogP contribution in [0.2, 0.25) is 0 Å². The molecule has 4 atom stereocenters. The number of benzene rings is 1. The highest BCUT2D eigenvalue weighted by Crippen LogP contribution is 2.52. The number of imide groups is 1. The van der Waals surface area contributed by atoms with Gasteiger partial charge in [0.25, 0.3) is 11.8 Å². The summed E-state index contributed by atoms with van der Waals surface area (Å²) in [4.78, 5) is 25.2. The number of rotatable bonds is 3. The van der Waals surface area contributed by atoms with Crippen molar-refractivity contribution < 1.29 is 14.3 Å². The molecule has 0 N–H and O–H groups in total. The van der Waals surface area contributed by atoms with Crippen LogP contribution >= 0.6 is 22.6 Å². The van der Waals surface area contributed by atoms with Crippen molar-refractivity contribution in [1.29, 1.82) is 0 Å². The number of halogens is 1. The number of nitrogens with zero attached hydrogens (tertiary/aromatic N) is 2. The molecule has 1 heterocycles. The van der Waals surface area contributed by atoms with Gasteiger partial charge in [-0.3, -0.25) is 9.59 Å².